The molecule has 3 aromatic heterocycles. The van der Waals surface area contributed by atoms with Crippen LogP contribution < -0.4 is 0 Å². The Morgan fingerprint density at radius 2 is 2.12 bits per heavy atom. The van der Waals surface area contributed by atoms with E-state index < -0.39 is 0 Å². The van der Waals surface area contributed by atoms with Crippen molar-refractivity contribution in [1.82, 2.24) is 14.4 Å². The maximum atomic E-state index is 4.74. The molecule has 0 N–H and O–H groups in total. The zero-order valence-electron chi connectivity index (χ0n) is 8.85. The number of aromatic nitrogens is 3. The Kier molecular flexibility index (Phi) is 1.46. The number of pyridine rings is 2. The molecule has 0 unspecified atom stereocenters. The summed E-state index contributed by atoms with van der Waals surface area (Å²) in [5.41, 5.74) is 5.64. The molecule has 0 saturated carbocycles. The summed E-state index contributed by atoms with van der Waals surface area (Å²) in [6.07, 6.45) is 5.54. The molecular weight excluding hydrogens is 198 g/mol. The van der Waals surface area contributed by atoms with Crippen LogP contribution in [0, 0.1) is 0 Å². The quantitative estimate of drug-likeness (QED) is 0.569. The first-order valence-corrected chi connectivity index (χ1v) is 5.67. The second kappa shape index (κ2) is 2.82. The standard InChI is InChI=1S/C13H11N3/c1-2-7-16-12(6-1)14-11-8-9-4-3-5-10(9)15-13(11)16/h1-2,6-8H,3-5H2. The van der Waals surface area contributed by atoms with Gasteiger partial charge in [0.2, 0.25) is 0 Å². The lowest BCUT2D eigenvalue weighted by Gasteiger charge is -1.98. The van der Waals surface area contributed by atoms with Gasteiger partial charge in [-0.2, -0.15) is 0 Å². The zero-order chi connectivity index (χ0) is 10.5. The van der Waals surface area contributed by atoms with Gasteiger partial charge in [0.15, 0.2) is 5.65 Å². The summed E-state index contributed by atoms with van der Waals surface area (Å²) in [4.78, 5) is 9.34. The highest BCUT2D eigenvalue weighted by molar-refractivity contribution is 5.77. The predicted molar refractivity (Wildman–Crippen MR) is 62.5 cm³/mol. The van der Waals surface area contributed by atoms with Crippen molar-refractivity contribution in [2.24, 2.45) is 0 Å². The molecular formula is C13H11N3. The monoisotopic (exact) mass is 209 g/mol. The third kappa shape index (κ3) is 0.975. The van der Waals surface area contributed by atoms with Gasteiger partial charge < -0.3 is 0 Å². The lowest BCUT2D eigenvalue weighted by Crippen LogP contribution is -1.91. The van der Waals surface area contributed by atoms with Crippen molar-refractivity contribution >= 4 is 16.8 Å². The van der Waals surface area contributed by atoms with Crippen LogP contribution in [0.25, 0.3) is 16.8 Å². The van der Waals surface area contributed by atoms with Gasteiger partial charge in [0.05, 0.1) is 0 Å². The highest BCUT2D eigenvalue weighted by atomic mass is 15.1. The molecule has 0 amide bonds. The molecule has 0 saturated heterocycles. The molecule has 0 atom stereocenters. The van der Waals surface area contributed by atoms with Crippen molar-refractivity contribution in [3.05, 3.63) is 41.7 Å². The predicted octanol–water partition coefficient (Wildman–Crippen LogP) is 2.37. The van der Waals surface area contributed by atoms with Crippen molar-refractivity contribution in [2.75, 3.05) is 0 Å². The van der Waals surface area contributed by atoms with E-state index in [0.717, 1.165) is 29.7 Å². The largest absolute Gasteiger partial charge is 0.284 e. The van der Waals surface area contributed by atoms with Gasteiger partial charge in [0, 0.05) is 11.9 Å². The van der Waals surface area contributed by atoms with Crippen LogP contribution in [0.15, 0.2) is 30.5 Å². The Labute approximate surface area is 92.8 Å². The van der Waals surface area contributed by atoms with E-state index in [2.05, 4.69) is 15.5 Å². The fourth-order valence-corrected chi connectivity index (χ4v) is 2.54. The Hall–Kier alpha value is -1.90. The van der Waals surface area contributed by atoms with Gasteiger partial charge in [-0.05, 0) is 43.0 Å². The highest BCUT2D eigenvalue weighted by Crippen LogP contribution is 2.24. The molecule has 3 aromatic rings. The van der Waals surface area contributed by atoms with E-state index in [1.54, 1.807) is 0 Å². The summed E-state index contributed by atoms with van der Waals surface area (Å²) in [6.45, 7) is 0. The number of aryl methyl sites for hydroxylation is 2. The van der Waals surface area contributed by atoms with Crippen LogP contribution in [0.4, 0.5) is 0 Å². The maximum absolute atomic E-state index is 4.74. The summed E-state index contributed by atoms with van der Waals surface area (Å²) < 4.78 is 2.06. The molecule has 4 rings (SSSR count). The minimum absolute atomic E-state index is 0.980. The van der Waals surface area contributed by atoms with Gasteiger partial charge in [-0.25, -0.2) is 9.97 Å². The summed E-state index contributed by atoms with van der Waals surface area (Å²) in [6, 6.07) is 8.25. The first kappa shape index (κ1) is 8.28. The lowest BCUT2D eigenvalue weighted by atomic mass is 10.2. The van der Waals surface area contributed by atoms with Crippen LogP contribution in [0.3, 0.4) is 0 Å². The van der Waals surface area contributed by atoms with Crippen LogP contribution in [0.2, 0.25) is 0 Å². The average molecular weight is 209 g/mol. The Morgan fingerprint density at radius 1 is 1.12 bits per heavy atom. The molecule has 1 aliphatic carbocycles. The minimum Gasteiger partial charge on any atom is -0.284 e. The summed E-state index contributed by atoms with van der Waals surface area (Å²) in [5, 5.41) is 0. The number of rotatable bonds is 0. The van der Waals surface area contributed by atoms with Gasteiger partial charge in [0.25, 0.3) is 0 Å². The molecule has 0 aliphatic heterocycles. The smallest absolute Gasteiger partial charge is 0.164 e. The molecule has 0 bridgehead atoms. The van der Waals surface area contributed by atoms with Gasteiger partial charge in [-0.3, -0.25) is 4.40 Å². The van der Waals surface area contributed by atoms with E-state index in [-0.39, 0.29) is 0 Å². The van der Waals surface area contributed by atoms with Crippen LogP contribution >= 0.6 is 0 Å². The number of fused-ring (bicyclic) bond motifs is 4. The summed E-state index contributed by atoms with van der Waals surface area (Å²) >= 11 is 0. The molecule has 0 spiro atoms. The Morgan fingerprint density at radius 3 is 3.12 bits per heavy atom. The summed E-state index contributed by atoms with van der Waals surface area (Å²) in [7, 11) is 0. The fourth-order valence-electron chi connectivity index (χ4n) is 2.54. The number of nitrogens with zero attached hydrogens (tertiary/aromatic N) is 3. The fraction of sp³-hybridized carbons (Fsp3) is 0.231. The number of imidazole rings is 1. The molecule has 16 heavy (non-hydrogen) atoms. The van der Waals surface area contributed by atoms with Crippen molar-refractivity contribution < 1.29 is 0 Å². The van der Waals surface area contributed by atoms with Crippen molar-refractivity contribution in [1.29, 1.82) is 0 Å². The third-order valence-corrected chi connectivity index (χ3v) is 3.31. The van der Waals surface area contributed by atoms with Crippen molar-refractivity contribution in [2.45, 2.75) is 19.3 Å². The van der Waals surface area contributed by atoms with E-state index >= 15 is 0 Å². The average Bonchev–Trinajstić information content (AvgIpc) is 2.88. The lowest BCUT2D eigenvalue weighted by molar-refractivity contribution is 0.900. The van der Waals surface area contributed by atoms with Crippen LogP contribution in [-0.4, -0.2) is 14.4 Å². The molecule has 3 nitrogen and oxygen atoms in total. The minimum atomic E-state index is 0.980. The molecule has 0 fully saturated rings. The molecule has 0 aromatic carbocycles. The van der Waals surface area contributed by atoms with Crippen LogP contribution in [0.1, 0.15) is 17.7 Å². The molecule has 1 aliphatic rings. The third-order valence-electron chi connectivity index (χ3n) is 3.31. The topological polar surface area (TPSA) is 30.2 Å². The molecule has 0 radical (unpaired) electrons. The number of hydrogen-bond donors (Lipinski definition) is 0. The van der Waals surface area contributed by atoms with Gasteiger partial charge >= 0.3 is 0 Å². The van der Waals surface area contributed by atoms with E-state index in [4.69, 9.17) is 4.98 Å². The van der Waals surface area contributed by atoms with Crippen LogP contribution in [0.5, 0.6) is 0 Å². The normalized spacial score (nSPS) is 14.8. The van der Waals surface area contributed by atoms with Gasteiger partial charge in [-0.15, -0.1) is 0 Å². The van der Waals surface area contributed by atoms with Gasteiger partial charge in [0.1, 0.15) is 11.2 Å². The van der Waals surface area contributed by atoms with E-state index in [9.17, 15) is 0 Å². The first-order valence-electron chi connectivity index (χ1n) is 5.67. The van der Waals surface area contributed by atoms with Crippen molar-refractivity contribution in [3.8, 4) is 0 Å². The number of hydrogen-bond acceptors (Lipinski definition) is 2. The Balaban J connectivity index is 2.19. The SMILES string of the molecule is c1ccn2c(c1)nc1cc3c(nc12)CCC3. The second-order valence-corrected chi connectivity index (χ2v) is 4.33. The second-order valence-electron chi connectivity index (χ2n) is 4.33. The Bertz CT molecular complexity index is 697. The van der Waals surface area contributed by atoms with E-state index in [1.807, 2.05) is 24.4 Å². The highest BCUT2D eigenvalue weighted by Gasteiger charge is 2.15. The zero-order valence-corrected chi connectivity index (χ0v) is 8.85. The van der Waals surface area contributed by atoms with Crippen LogP contribution in [-0.2, 0) is 12.8 Å². The molecule has 3 heteroatoms. The molecule has 3 heterocycles. The van der Waals surface area contributed by atoms with E-state index in [1.165, 1.54) is 17.7 Å². The van der Waals surface area contributed by atoms with Crippen molar-refractivity contribution in [3.63, 3.8) is 0 Å². The summed E-state index contributed by atoms with van der Waals surface area (Å²) in [5.74, 6) is 0. The maximum Gasteiger partial charge on any atom is 0.164 e. The van der Waals surface area contributed by atoms with Gasteiger partial charge in [-0.1, -0.05) is 6.07 Å². The molecule has 78 valence electrons. The first-order chi connectivity index (χ1) is 7.92. The van der Waals surface area contributed by atoms with E-state index in [0.29, 0.717) is 0 Å².